The molecule has 4 heteroatoms. The lowest BCUT2D eigenvalue weighted by atomic mass is 10.4. The summed E-state index contributed by atoms with van der Waals surface area (Å²) in [6.45, 7) is 2.98. The van der Waals surface area contributed by atoms with Crippen LogP contribution in [0.2, 0.25) is 0 Å². The highest BCUT2D eigenvalue weighted by molar-refractivity contribution is 5.58. The fourth-order valence-corrected chi connectivity index (χ4v) is 0.731. The fourth-order valence-electron chi connectivity index (χ4n) is 0.731. The molecule has 0 bridgehead atoms. The molecule has 3 N–H and O–H groups in total. The van der Waals surface area contributed by atoms with Gasteiger partial charge in [0.1, 0.15) is 6.33 Å². The van der Waals surface area contributed by atoms with E-state index in [1.165, 1.54) is 6.33 Å². The van der Waals surface area contributed by atoms with Crippen LogP contribution in [0.1, 0.15) is 13.3 Å². The van der Waals surface area contributed by atoms with E-state index in [0.717, 1.165) is 18.8 Å². The van der Waals surface area contributed by atoms with Crippen molar-refractivity contribution >= 4 is 11.5 Å². The molecule has 0 saturated heterocycles. The lowest BCUT2D eigenvalue weighted by Crippen LogP contribution is -2.05. The molecule has 0 spiro atoms. The molecule has 1 aromatic heterocycles. The van der Waals surface area contributed by atoms with Crippen LogP contribution >= 0.6 is 0 Å². The Morgan fingerprint density at radius 2 is 2.45 bits per heavy atom. The number of hydrogen-bond donors (Lipinski definition) is 2. The topological polar surface area (TPSA) is 63.8 Å². The third-order valence-corrected chi connectivity index (χ3v) is 1.28. The fraction of sp³-hybridized carbons (Fsp3) is 0.429. The summed E-state index contributed by atoms with van der Waals surface area (Å²) >= 11 is 0. The van der Waals surface area contributed by atoms with Crippen LogP contribution < -0.4 is 11.1 Å². The summed E-state index contributed by atoms with van der Waals surface area (Å²) in [6, 6.07) is 0. The maximum atomic E-state index is 5.57. The molecule has 0 amide bonds. The van der Waals surface area contributed by atoms with E-state index >= 15 is 0 Å². The van der Waals surface area contributed by atoms with Crippen molar-refractivity contribution in [1.82, 2.24) is 9.97 Å². The molecule has 0 saturated carbocycles. The van der Waals surface area contributed by atoms with Gasteiger partial charge in [-0.2, -0.15) is 0 Å². The third-order valence-electron chi connectivity index (χ3n) is 1.28. The standard InChI is InChI=1S/C7H12N4/c1-2-3-10-7-6(8)4-9-5-11-7/h4-5H,2-3,8H2,1H3,(H,9,10,11). The minimum absolute atomic E-state index is 0.598. The Hall–Kier alpha value is -1.32. The molecule has 0 aliphatic carbocycles. The van der Waals surface area contributed by atoms with E-state index in [-0.39, 0.29) is 0 Å². The Morgan fingerprint density at radius 1 is 1.64 bits per heavy atom. The van der Waals surface area contributed by atoms with Crippen LogP contribution in [-0.4, -0.2) is 16.5 Å². The van der Waals surface area contributed by atoms with Crippen molar-refractivity contribution in [3.05, 3.63) is 12.5 Å². The van der Waals surface area contributed by atoms with Crippen molar-refractivity contribution in [3.63, 3.8) is 0 Å². The van der Waals surface area contributed by atoms with Crippen molar-refractivity contribution in [2.75, 3.05) is 17.6 Å². The van der Waals surface area contributed by atoms with Crippen LogP contribution in [0, 0.1) is 0 Å². The predicted octanol–water partition coefficient (Wildman–Crippen LogP) is 0.881. The van der Waals surface area contributed by atoms with Crippen molar-refractivity contribution in [2.24, 2.45) is 0 Å². The Kier molecular flexibility index (Phi) is 2.66. The average molecular weight is 152 g/mol. The maximum Gasteiger partial charge on any atom is 0.152 e. The van der Waals surface area contributed by atoms with Crippen LogP contribution in [0.25, 0.3) is 0 Å². The Labute approximate surface area is 65.9 Å². The first kappa shape index (κ1) is 7.78. The summed E-state index contributed by atoms with van der Waals surface area (Å²) in [5, 5.41) is 3.09. The minimum atomic E-state index is 0.598. The monoisotopic (exact) mass is 152 g/mol. The second-order valence-corrected chi connectivity index (χ2v) is 2.25. The normalized spacial score (nSPS) is 9.55. The van der Waals surface area contributed by atoms with Gasteiger partial charge in [-0.1, -0.05) is 6.92 Å². The average Bonchev–Trinajstić information content (AvgIpc) is 2.03. The number of anilines is 2. The SMILES string of the molecule is CCCNc1ncncc1N. The third kappa shape index (κ3) is 2.07. The van der Waals surface area contributed by atoms with Crippen LogP contribution in [0.15, 0.2) is 12.5 Å². The van der Waals surface area contributed by atoms with Crippen LogP contribution in [0.3, 0.4) is 0 Å². The lowest BCUT2D eigenvalue weighted by Gasteiger charge is -2.04. The van der Waals surface area contributed by atoms with E-state index in [1.54, 1.807) is 6.20 Å². The first-order valence-electron chi connectivity index (χ1n) is 3.64. The molecule has 0 aromatic carbocycles. The highest BCUT2D eigenvalue weighted by Crippen LogP contribution is 2.10. The molecule has 0 radical (unpaired) electrons. The molecule has 1 rings (SSSR count). The number of aromatic nitrogens is 2. The first-order chi connectivity index (χ1) is 5.34. The Morgan fingerprint density at radius 3 is 3.09 bits per heavy atom. The summed E-state index contributed by atoms with van der Waals surface area (Å²) in [7, 11) is 0. The summed E-state index contributed by atoms with van der Waals surface area (Å²) in [4.78, 5) is 7.75. The zero-order valence-electron chi connectivity index (χ0n) is 6.54. The summed E-state index contributed by atoms with van der Waals surface area (Å²) in [5.41, 5.74) is 6.17. The van der Waals surface area contributed by atoms with Crippen LogP contribution in [0.4, 0.5) is 11.5 Å². The largest absolute Gasteiger partial charge is 0.394 e. The highest BCUT2D eigenvalue weighted by atomic mass is 15.0. The van der Waals surface area contributed by atoms with Gasteiger partial charge in [-0.25, -0.2) is 9.97 Å². The maximum absolute atomic E-state index is 5.57. The van der Waals surface area contributed by atoms with Gasteiger partial charge in [-0.05, 0) is 6.42 Å². The summed E-state index contributed by atoms with van der Waals surface area (Å²) in [6.07, 6.45) is 4.13. The van der Waals surface area contributed by atoms with Gasteiger partial charge < -0.3 is 11.1 Å². The molecule has 0 aliphatic heterocycles. The van der Waals surface area contributed by atoms with Crippen molar-refractivity contribution < 1.29 is 0 Å². The van der Waals surface area contributed by atoms with E-state index in [2.05, 4.69) is 22.2 Å². The van der Waals surface area contributed by atoms with Crippen LogP contribution in [0.5, 0.6) is 0 Å². The molecular weight excluding hydrogens is 140 g/mol. The van der Waals surface area contributed by atoms with Gasteiger partial charge in [-0.3, -0.25) is 0 Å². The minimum Gasteiger partial charge on any atom is -0.394 e. The molecule has 60 valence electrons. The smallest absolute Gasteiger partial charge is 0.152 e. The quantitative estimate of drug-likeness (QED) is 0.674. The number of nitrogen functional groups attached to an aromatic ring is 1. The van der Waals surface area contributed by atoms with E-state index in [1.807, 2.05) is 0 Å². The molecule has 1 heterocycles. The first-order valence-corrected chi connectivity index (χ1v) is 3.64. The number of nitrogens with zero attached hydrogens (tertiary/aromatic N) is 2. The van der Waals surface area contributed by atoms with E-state index in [0.29, 0.717) is 5.69 Å². The molecule has 1 aromatic rings. The predicted molar refractivity (Wildman–Crippen MR) is 45.2 cm³/mol. The molecule has 0 unspecified atom stereocenters. The zero-order chi connectivity index (χ0) is 8.10. The van der Waals surface area contributed by atoms with Gasteiger partial charge in [-0.15, -0.1) is 0 Å². The van der Waals surface area contributed by atoms with Gasteiger partial charge >= 0.3 is 0 Å². The van der Waals surface area contributed by atoms with Crippen molar-refractivity contribution in [2.45, 2.75) is 13.3 Å². The number of nitrogens with one attached hydrogen (secondary N) is 1. The number of rotatable bonds is 3. The van der Waals surface area contributed by atoms with Gasteiger partial charge in [0.05, 0.1) is 11.9 Å². The molecule has 4 nitrogen and oxygen atoms in total. The number of hydrogen-bond acceptors (Lipinski definition) is 4. The molecular formula is C7H12N4. The Balaban J connectivity index is 2.62. The summed E-state index contributed by atoms with van der Waals surface area (Å²) < 4.78 is 0. The molecule has 11 heavy (non-hydrogen) atoms. The lowest BCUT2D eigenvalue weighted by molar-refractivity contribution is 0.966. The van der Waals surface area contributed by atoms with Gasteiger partial charge in [0.15, 0.2) is 5.82 Å². The van der Waals surface area contributed by atoms with Gasteiger partial charge in [0.2, 0.25) is 0 Å². The second-order valence-electron chi connectivity index (χ2n) is 2.25. The van der Waals surface area contributed by atoms with Crippen molar-refractivity contribution in [3.8, 4) is 0 Å². The molecule has 0 fully saturated rings. The van der Waals surface area contributed by atoms with Crippen LogP contribution in [-0.2, 0) is 0 Å². The van der Waals surface area contributed by atoms with E-state index in [4.69, 9.17) is 5.73 Å². The van der Waals surface area contributed by atoms with Gasteiger partial charge in [0, 0.05) is 6.54 Å². The van der Waals surface area contributed by atoms with Gasteiger partial charge in [0.25, 0.3) is 0 Å². The Bertz CT molecular complexity index is 223. The molecule has 0 atom stereocenters. The number of nitrogens with two attached hydrogens (primary N) is 1. The zero-order valence-corrected chi connectivity index (χ0v) is 6.54. The van der Waals surface area contributed by atoms with E-state index in [9.17, 15) is 0 Å². The summed E-state index contributed by atoms with van der Waals surface area (Å²) in [5.74, 6) is 0.724. The van der Waals surface area contributed by atoms with E-state index < -0.39 is 0 Å². The van der Waals surface area contributed by atoms with Crippen molar-refractivity contribution in [1.29, 1.82) is 0 Å². The highest BCUT2D eigenvalue weighted by Gasteiger charge is 1.95. The second kappa shape index (κ2) is 3.75. The molecule has 0 aliphatic rings.